The molecular weight excluding hydrogens is 296 g/mol. The van der Waals surface area contributed by atoms with Crippen LogP contribution in [0.2, 0.25) is 0 Å². The highest BCUT2D eigenvalue weighted by Gasteiger charge is 2.59. The Bertz CT molecular complexity index is 612. The summed E-state index contributed by atoms with van der Waals surface area (Å²) in [5.41, 5.74) is 1.47. The van der Waals surface area contributed by atoms with E-state index < -0.39 is 4.92 Å². The number of carbonyl (C=O) groups excluding carboxylic acids is 1. The molecule has 1 aliphatic heterocycles. The molecule has 0 spiro atoms. The molecule has 2 aliphatic rings. The van der Waals surface area contributed by atoms with Crippen molar-refractivity contribution >= 4 is 11.8 Å². The minimum atomic E-state index is -0.424. The topological polar surface area (TPSA) is 72.7 Å². The van der Waals surface area contributed by atoms with Gasteiger partial charge in [-0.05, 0) is 29.2 Å². The van der Waals surface area contributed by atoms with Crippen molar-refractivity contribution in [1.29, 1.82) is 0 Å². The second kappa shape index (κ2) is 5.51. The van der Waals surface area contributed by atoms with Crippen molar-refractivity contribution in [3.8, 4) is 0 Å². The van der Waals surface area contributed by atoms with E-state index in [2.05, 4.69) is 13.8 Å². The van der Waals surface area contributed by atoms with Crippen molar-refractivity contribution in [3.63, 3.8) is 0 Å². The number of fused-ring (bicyclic) bond motifs is 1. The summed E-state index contributed by atoms with van der Waals surface area (Å²) in [5.74, 6) is 0. The first-order chi connectivity index (χ1) is 10.8. The molecule has 1 saturated carbocycles. The number of likely N-dealkylation sites (tertiary alicyclic amines) is 1. The van der Waals surface area contributed by atoms with Crippen molar-refractivity contribution in [1.82, 2.24) is 4.90 Å². The lowest BCUT2D eigenvalue weighted by atomic mass is 9.53. The van der Waals surface area contributed by atoms with Crippen LogP contribution in [0.3, 0.4) is 0 Å². The number of nitrogens with zero attached hydrogens (tertiary/aromatic N) is 2. The fourth-order valence-corrected chi connectivity index (χ4v) is 3.68. The Labute approximate surface area is 135 Å². The number of amides is 1. The second-order valence-corrected chi connectivity index (χ2v) is 7.27. The van der Waals surface area contributed by atoms with E-state index in [4.69, 9.17) is 4.74 Å². The Morgan fingerprint density at radius 2 is 1.78 bits per heavy atom. The van der Waals surface area contributed by atoms with Gasteiger partial charge in [0.2, 0.25) is 0 Å². The van der Waals surface area contributed by atoms with Crippen molar-refractivity contribution in [2.75, 3.05) is 19.7 Å². The Kier molecular flexibility index (Phi) is 3.78. The first-order valence-electron chi connectivity index (χ1n) is 7.98. The zero-order chi connectivity index (χ0) is 16.7. The van der Waals surface area contributed by atoms with Gasteiger partial charge in [0, 0.05) is 31.6 Å². The molecule has 1 heterocycles. The zero-order valence-corrected chi connectivity index (χ0v) is 13.6. The summed E-state index contributed by atoms with van der Waals surface area (Å²) in [5, 5.41) is 10.6. The molecule has 2 fully saturated rings. The lowest BCUT2D eigenvalue weighted by Gasteiger charge is -2.50. The molecule has 1 aliphatic carbocycles. The summed E-state index contributed by atoms with van der Waals surface area (Å²) in [6.07, 6.45) is 2.67. The number of carbonyl (C=O) groups is 1. The lowest BCUT2D eigenvalue weighted by Crippen LogP contribution is -2.45. The van der Waals surface area contributed by atoms with Crippen LogP contribution in [0.1, 0.15) is 32.3 Å². The van der Waals surface area contributed by atoms with Gasteiger partial charge in [0.15, 0.2) is 0 Å². The Hall–Kier alpha value is -2.11. The van der Waals surface area contributed by atoms with E-state index in [-0.39, 0.29) is 22.6 Å². The van der Waals surface area contributed by atoms with Crippen LogP contribution in [0.5, 0.6) is 0 Å². The van der Waals surface area contributed by atoms with Gasteiger partial charge in [-0.1, -0.05) is 26.0 Å². The maximum atomic E-state index is 12.2. The number of hydrogen-bond donors (Lipinski definition) is 0. The number of nitro benzene ring substituents is 1. The Balaban J connectivity index is 1.47. The van der Waals surface area contributed by atoms with E-state index in [0.29, 0.717) is 13.0 Å². The molecule has 0 aromatic heterocycles. The van der Waals surface area contributed by atoms with Crippen molar-refractivity contribution in [3.05, 3.63) is 39.9 Å². The Morgan fingerprint density at radius 1 is 1.22 bits per heavy atom. The third-order valence-corrected chi connectivity index (χ3v) is 5.79. The molecule has 124 valence electrons. The maximum absolute atomic E-state index is 12.2. The standard InChI is InChI=1S/C17H22N2O4/c1-16-8-9-17(16,2)12-18(11-16)15(20)23-10-7-13-3-5-14(6-4-13)19(21)22/h3-6H,7-12H2,1-2H3/t16-,17+. The number of rotatable bonds is 4. The van der Waals surface area contributed by atoms with Crippen molar-refractivity contribution in [2.24, 2.45) is 10.8 Å². The quantitative estimate of drug-likeness (QED) is 0.630. The first kappa shape index (κ1) is 15.8. The summed E-state index contributed by atoms with van der Waals surface area (Å²) >= 11 is 0. The highest BCUT2D eigenvalue weighted by molar-refractivity contribution is 5.68. The van der Waals surface area contributed by atoms with Crippen LogP contribution >= 0.6 is 0 Å². The molecule has 0 radical (unpaired) electrons. The van der Waals surface area contributed by atoms with E-state index in [1.165, 1.54) is 25.0 Å². The van der Waals surface area contributed by atoms with Crippen LogP contribution in [0, 0.1) is 20.9 Å². The van der Waals surface area contributed by atoms with Crippen molar-refractivity contribution in [2.45, 2.75) is 33.1 Å². The number of hydrogen-bond acceptors (Lipinski definition) is 4. The van der Waals surface area contributed by atoms with Gasteiger partial charge < -0.3 is 9.64 Å². The lowest BCUT2D eigenvalue weighted by molar-refractivity contribution is -0.384. The van der Waals surface area contributed by atoms with Gasteiger partial charge in [-0.3, -0.25) is 10.1 Å². The van der Waals surface area contributed by atoms with Gasteiger partial charge in [0.1, 0.15) is 0 Å². The molecule has 0 unspecified atom stereocenters. The maximum Gasteiger partial charge on any atom is 0.409 e. The van der Waals surface area contributed by atoms with Gasteiger partial charge in [-0.25, -0.2) is 4.79 Å². The molecule has 3 rings (SSSR count). The first-order valence-corrected chi connectivity index (χ1v) is 7.98. The predicted molar refractivity (Wildman–Crippen MR) is 85.2 cm³/mol. The highest BCUT2D eigenvalue weighted by Crippen LogP contribution is 2.60. The van der Waals surface area contributed by atoms with E-state index in [1.54, 1.807) is 12.1 Å². The summed E-state index contributed by atoms with van der Waals surface area (Å²) in [6, 6.07) is 6.34. The summed E-state index contributed by atoms with van der Waals surface area (Å²) in [4.78, 5) is 24.2. The number of ether oxygens (including phenoxy) is 1. The van der Waals surface area contributed by atoms with Crippen molar-refractivity contribution < 1.29 is 14.5 Å². The molecule has 0 N–H and O–H groups in total. The molecule has 1 amide bonds. The van der Waals surface area contributed by atoms with Crippen LogP contribution in [-0.2, 0) is 11.2 Å². The smallest absolute Gasteiger partial charge is 0.409 e. The van der Waals surface area contributed by atoms with E-state index in [9.17, 15) is 14.9 Å². The number of nitro groups is 1. The molecule has 2 atom stereocenters. The van der Waals surface area contributed by atoms with Gasteiger partial charge in [-0.15, -0.1) is 0 Å². The predicted octanol–water partition coefficient (Wildman–Crippen LogP) is 3.40. The van der Waals surface area contributed by atoms with Crippen LogP contribution < -0.4 is 0 Å². The minimum Gasteiger partial charge on any atom is -0.449 e. The third kappa shape index (κ3) is 2.78. The highest BCUT2D eigenvalue weighted by atomic mass is 16.6. The normalized spacial score (nSPS) is 28.9. The van der Waals surface area contributed by atoms with Gasteiger partial charge in [0.25, 0.3) is 5.69 Å². The van der Waals surface area contributed by atoms with Gasteiger partial charge in [-0.2, -0.15) is 0 Å². The fourth-order valence-electron chi connectivity index (χ4n) is 3.68. The fraction of sp³-hybridized carbons (Fsp3) is 0.588. The molecule has 6 nitrogen and oxygen atoms in total. The van der Waals surface area contributed by atoms with E-state index in [1.807, 2.05) is 4.90 Å². The molecule has 0 bridgehead atoms. The van der Waals surface area contributed by atoms with E-state index in [0.717, 1.165) is 18.7 Å². The van der Waals surface area contributed by atoms with Crippen LogP contribution in [0.4, 0.5) is 10.5 Å². The SMILES string of the molecule is C[C@@]12CC[C@]1(C)CN(C(=O)OCCc1ccc([N+](=O)[O-])cc1)C2. The minimum absolute atomic E-state index is 0.0692. The number of non-ortho nitro benzene ring substituents is 1. The van der Waals surface area contributed by atoms with E-state index >= 15 is 0 Å². The third-order valence-electron chi connectivity index (χ3n) is 5.79. The molecule has 1 saturated heterocycles. The molecule has 1 aromatic carbocycles. The van der Waals surface area contributed by atoms with Gasteiger partial charge in [0.05, 0.1) is 11.5 Å². The summed E-state index contributed by atoms with van der Waals surface area (Å²) < 4.78 is 5.38. The second-order valence-electron chi connectivity index (χ2n) is 7.27. The largest absolute Gasteiger partial charge is 0.449 e. The van der Waals surface area contributed by atoms with Crippen LogP contribution in [0.25, 0.3) is 0 Å². The number of benzene rings is 1. The zero-order valence-electron chi connectivity index (χ0n) is 13.6. The van der Waals surface area contributed by atoms with Crippen LogP contribution in [0.15, 0.2) is 24.3 Å². The summed E-state index contributed by atoms with van der Waals surface area (Å²) in [7, 11) is 0. The molecule has 1 aromatic rings. The monoisotopic (exact) mass is 318 g/mol. The van der Waals surface area contributed by atoms with Crippen LogP contribution in [-0.4, -0.2) is 35.6 Å². The average Bonchev–Trinajstić information content (AvgIpc) is 2.69. The summed E-state index contributed by atoms with van der Waals surface area (Å²) in [6.45, 7) is 6.35. The Morgan fingerprint density at radius 3 is 2.26 bits per heavy atom. The molecular formula is C17H22N2O4. The molecule has 23 heavy (non-hydrogen) atoms. The van der Waals surface area contributed by atoms with Gasteiger partial charge >= 0.3 is 6.09 Å². The molecule has 6 heteroatoms. The average molecular weight is 318 g/mol.